The SMILES string of the molecule is COCCn1c(=O)c2c(-c3noc(-c4ccc(C)o4)n3)ncn2c2cccc(Cl)c21. The van der Waals surface area contributed by atoms with Crippen LogP contribution in [0.2, 0.25) is 5.02 Å². The van der Waals surface area contributed by atoms with E-state index in [1.54, 1.807) is 40.6 Å². The number of fused-ring (bicyclic) bond motifs is 3. The Labute approximate surface area is 174 Å². The lowest BCUT2D eigenvalue weighted by Gasteiger charge is -2.13. The number of hydrogen-bond acceptors (Lipinski definition) is 7. The Kier molecular flexibility index (Phi) is 4.41. The summed E-state index contributed by atoms with van der Waals surface area (Å²) in [5.74, 6) is 1.58. The molecule has 10 heteroatoms. The number of rotatable bonds is 5. The monoisotopic (exact) mass is 425 g/mol. The van der Waals surface area contributed by atoms with Crippen molar-refractivity contribution in [2.24, 2.45) is 0 Å². The summed E-state index contributed by atoms with van der Waals surface area (Å²) >= 11 is 6.43. The average Bonchev–Trinajstić information content (AvgIpc) is 3.47. The van der Waals surface area contributed by atoms with Gasteiger partial charge in [-0.25, -0.2) is 4.98 Å². The quantitative estimate of drug-likeness (QED) is 0.424. The van der Waals surface area contributed by atoms with E-state index in [1.165, 1.54) is 0 Å². The molecule has 0 saturated heterocycles. The van der Waals surface area contributed by atoms with Gasteiger partial charge < -0.3 is 18.2 Å². The van der Waals surface area contributed by atoms with E-state index in [0.717, 1.165) is 11.3 Å². The van der Waals surface area contributed by atoms with Crippen LogP contribution in [0.25, 0.3) is 39.7 Å². The Morgan fingerprint density at radius 1 is 1.20 bits per heavy atom. The molecular weight excluding hydrogens is 410 g/mol. The normalized spacial score (nSPS) is 11.7. The van der Waals surface area contributed by atoms with E-state index in [4.69, 9.17) is 25.3 Å². The highest BCUT2D eigenvalue weighted by molar-refractivity contribution is 6.35. The summed E-state index contributed by atoms with van der Waals surface area (Å²) in [6.45, 7) is 2.51. The first-order chi connectivity index (χ1) is 14.6. The van der Waals surface area contributed by atoms with Crippen LogP contribution < -0.4 is 5.56 Å². The lowest BCUT2D eigenvalue weighted by molar-refractivity contribution is 0.187. The number of furan rings is 1. The first-order valence-electron chi connectivity index (χ1n) is 9.16. The van der Waals surface area contributed by atoms with Crippen LogP contribution in [-0.4, -0.2) is 37.8 Å². The molecule has 0 amide bonds. The minimum absolute atomic E-state index is 0.193. The minimum Gasteiger partial charge on any atom is -0.456 e. The van der Waals surface area contributed by atoms with Crippen molar-refractivity contribution in [1.82, 2.24) is 24.1 Å². The molecule has 5 aromatic rings. The fourth-order valence-corrected chi connectivity index (χ4v) is 3.73. The van der Waals surface area contributed by atoms with Crippen molar-refractivity contribution in [3.8, 4) is 23.2 Å². The van der Waals surface area contributed by atoms with Gasteiger partial charge >= 0.3 is 0 Å². The van der Waals surface area contributed by atoms with Crippen LogP contribution in [0.4, 0.5) is 0 Å². The molecule has 0 aliphatic heterocycles. The van der Waals surface area contributed by atoms with Gasteiger partial charge in [0, 0.05) is 13.7 Å². The number of halogens is 1. The van der Waals surface area contributed by atoms with E-state index >= 15 is 0 Å². The molecule has 0 aliphatic carbocycles. The smallest absolute Gasteiger partial charge is 0.293 e. The van der Waals surface area contributed by atoms with Crippen LogP contribution in [0, 0.1) is 6.92 Å². The molecule has 5 rings (SSSR count). The van der Waals surface area contributed by atoms with Crippen molar-refractivity contribution in [3.05, 3.63) is 57.8 Å². The third-order valence-corrected chi connectivity index (χ3v) is 5.12. The molecule has 0 bridgehead atoms. The Bertz CT molecular complexity index is 1440. The highest BCUT2D eigenvalue weighted by atomic mass is 35.5. The molecule has 4 aromatic heterocycles. The number of methoxy groups -OCH3 is 1. The van der Waals surface area contributed by atoms with Gasteiger partial charge in [0.2, 0.25) is 5.82 Å². The predicted molar refractivity (Wildman–Crippen MR) is 110 cm³/mol. The van der Waals surface area contributed by atoms with Crippen molar-refractivity contribution in [1.29, 1.82) is 0 Å². The standard InChI is InChI=1S/C20H16ClN5O4/c1-11-6-7-14(29-11)19-23-18(24-30-19)15-17-20(27)25(8-9-28-2)16-12(21)4-3-5-13(16)26(17)10-22-15/h3-7,10H,8-9H2,1-2H3. The van der Waals surface area contributed by atoms with Gasteiger partial charge in [0.05, 0.1) is 22.7 Å². The van der Waals surface area contributed by atoms with E-state index in [0.29, 0.717) is 40.7 Å². The average molecular weight is 426 g/mol. The van der Waals surface area contributed by atoms with E-state index in [-0.39, 0.29) is 17.3 Å². The van der Waals surface area contributed by atoms with Gasteiger partial charge in [-0.15, -0.1) is 0 Å². The maximum absolute atomic E-state index is 13.4. The zero-order valence-electron chi connectivity index (χ0n) is 16.1. The largest absolute Gasteiger partial charge is 0.456 e. The lowest BCUT2D eigenvalue weighted by Crippen LogP contribution is -2.25. The van der Waals surface area contributed by atoms with Gasteiger partial charge in [0.25, 0.3) is 11.4 Å². The molecule has 0 atom stereocenters. The van der Waals surface area contributed by atoms with Crippen molar-refractivity contribution in [2.75, 3.05) is 13.7 Å². The molecule has 0 fully saturated rings. The van der Waals surface area contributed by atoms with Gasteiger partial charge in [-0.05, 0) is 31.2 Å². The summed E-state index contributed by atoms with van der Waals surface area (Å²) in [4.78, 5) is 22.2. The zero-order chi connectivity index (χ0) is 20.8. The number of benzene rings is 1. The number of aryl methyl sites for hydroxylation is 1. The Balaban J connectivity index is 1.75. The molecule has 4 heterocycles. The van der Waals surface area contributed by atoms with Crippen molar-refractivity contribution >= 4 is 28.2 Å². The van der Waals surface area contributed by atoms with E-state index in [2.05, 4.69) is 15.1 Å². The Morgan fingerprint density at radius 3 is 2.83 bits per heavy atom. The molecule has 0 unspecified atom stereocenters. The molecule has 0 saturated carbocycles. The fourth-order valence-electron chi connectivity index (χ4n) is 3.46. The summed E-state index contributed by atoms with van der Waals surface area (Å²) in [6.07, 6.45) is 1.55. The topological polar surface area (TPSA) is 101 Å². The highest BCUT2D eigenvalue weighted by Gasteiger charge is 2.22. The molecular formula is C20H16ClN5O4. The molecule has 0 radical (unpaired) electrons. The predicted octanol–water partition coefficient (Wildman–Crippen LogP) is 3.57. The number of ether oxygens (including phenoxy) is 1. The molecule has 0 aliphatic rings. The van der Waals surface area contributed by atoms with Crippen LogP contribution >= 0.6 is 11.6 Å². The second kappa shape index (κ2) is 7.12. The number of nitrogens with zero attached hydrogens (tertiary/aromatic N) is 5. The van der Waals surface area contributed by atoms with Crippen LogP contribution in [0.15, 0.2) is 50.4 Å². The third kappa shape index (κ3) is 2.82. The third-order valence-electron chi connectivity index (χ3n) is 4.82. The minimum atomic E-state index is -0.277. The first-order valence-corrected chi connectivity index (χ1v) is 9.54. The maximum Gasteiger partial charge on any atom is 0.293 e. The molecule has 1 aromatic carbocycles. The molecule has 0 N–H and O–H groups in total. The van der Waals surface area contributed by atoms with Crippen LogP contribution in [0.5, 0.6) is 0 Å². The second-order valence-electron chi connectivity index (χ2n) is 6.70. The van der Waals surface area contributed by atoms with Crippen LogP contribution in [0.3, 0.4) is 0 Å². The first kappa shape index (κ1) is 18.6. The molecule has 9 nitrogen and oxygen atoms in total. The van der Waals surface area contributed by atoms with E-state index in [9.17, 15) is 4.79 Å². The number of aromatic nitrogens is 5. The van der Waals surface area contributed by atoms with Gasteiger partial charge in [0.1, 0.15) is 23.3 Å². The summed E-state index contributed by atoms with van der Waals surface area (Å²) in [6, 6.07) is 8.98. The van der Waals surface area contributed by atoms with E-state index < -0.39 is 0 Å². The lowest BCUT2D eigenvalue weighted by atomic mass is 10.2. The Hall–Kier alpha value is -3.43. The summed E-state index contributed by atoms with van der Waals surface area (Å²) in [5, 5.41) is 4.47. The summed E-state index contributed by atoms with van der Waals surface area (Å²) in [7, 11) is 1.58. The second-order valence-corrected chi connectivity index (χ2v) is 7.11. The van der Waals surface area contributed by atoms with Gasteiger partial charge in [-0.1, -0.05) is 22.8 Å². The number of hydrogen-bond donors (Lipinski definition) is 0. The van der Waals surface area contributed by atoms with E-state index in [1.807, 2.05) is 19.1 Å². The summed E-state index contributed by atoms with van der Waals surface area (Å²) < 4.78 is 19.3. The zero-order valence-corrected chi connectivity index (χ0v) is 16.9. The van der Waals surface area contributed by atoms with Crippen LogP contribution in [0.1, 0.15) is 5.76 Å². The van der Waals surface area contributed by atoms with Gasteiger partial charge in [-0.3, -0.25) is 9.20 Å². The number of para-hydroxylation sites is 1. The fraction of sp³-hybridized carbons (Fsp3) is 0.200. The van der Waals surface area contributed by atoms with Crippen LogP contribution in [-0.2, 0) is 11.3 Å². The summed E-state index contributed by atoms with van der Waals surface area (Å²) in [5.41, 5.74) is 1.70. The van der Waals surface area contributed by atoms with Gasteiger partial charge in [-0.2, -0.15) is 4.98 Å². The molecule has 152 valence electrons. The Morgan fingerprint density at radius 2 is 2.07 bits per heavy atom. The van der Waals surface area contributed by atoms with Gasteiger partial charge in [0.15, 0.2) is 5.76 Å². The van der Waals surface area contributed by atoms with Crippen molar-refractivity contribution < 1.29 is 13.7 Å². The van der Waals surface area contributed by atoms with Crippen molar-refractivity contribution in [3.63, 3.8) is 0 Å². The molecule has 30 heavy (non-hydrogen) atoms. The highest BCUT2D eigenvalue weighted by Crippen LogP contribution is 2.28. The maximum atomic E-state index is 13.4. The number of imidazole rings is 1. The molecule has 0 spiro atoms. The van der Waals surface area contributed by atoms with Crippen molar-refractivity contribution in [2.45, 2.75) is 13.5 Å².